The number of sulfonamides is 1. The Labute approximate surface area is 153 Å². The van der Waals surface area contributed by atoms with Crippen molar-refractivity contribution in [3.05, 3.63) is 70.9 Å². The van der Waals surface area contributed by atoms with E-state index in [-0.39, 0.29) is 4.90 Å². The lowest BCUT2D eigenvalue weighted by atomic mass is 10.1. The van der Waals surface area contributed by atoms with Gasteiger partial charge in [0.15, 0.2) is 0 Å². The Balaban J connectivity index is 1.85. The summed E-state index contributed by atoms with van der Waals surface area (Å²) >= 11 is 0. The molecule has 7 heteroatoms. The first kappa shape index (κ1) is 17.9. The summed E-state index contributed by atoms with van der Waals surface area (Å²) in [6.45, 7) is 5.50. The van der Waals surface area contributed by atoms with Gasteiger partial charge in [0, 0.05) is 11.1 Å². The molecule has 0 bridgehead atoms. The smallest absolute Gasteiger partial charge is 0.277 e. The molecule has 0 fully saturated rings. The Bertz CT molecular complexity index is 1030. The van der Waals surface area contributed by atoms with Gasteiger partial charge in [0.05, 0.1) is 23.0 Å². The fraction of sp³-hybridized carbons (Fsp3) is 0.158. The van der Waals surface area contributed by atoms with Gasteiger partial charge in [-0.15, -0.1) is 0 Å². The molecule has 0 atom stereocenters. The predicted molar refractivity (Wildman–Crippen MR) is 103 cm³/mol. The van der Waals surface area contributed by atoms with E-state index < -0.39 is 10.0 Å². The molecule has 3 rings (SSSR count). The maximum Gasteiger partial charge on any atom is 0.277 e. The topological polar surface area (TPSA) is 87.2 Å². The number of aryl methyl sites for hydroxylation is 3. The van der Waals surface area contributed by atoms with Crippen LogP contribution in [-0.4, -0.2) is 24.8 Å². The number of rotatable bonds is 5. The molecule has 0 aliphatic rings. The number of nitrogens with one attached hydrogen (secondary N) is 2. The highest BCUT2D eigenvalue weighted by molar-refractivity contribution is 7.89. The molecule has 6 nitrogen and oxygen atoms in total. The summed E-state index contributed by atoms with van der Waals surface area (Å²) in [5.41, 5.74) is 4.82. The minimum Gasteiger partial charge on any atom is -0.277 e. The molecular weight excluding hydrogens is 348 g/mol. The molecule has 0 aliphatic carbocycles. The van der Waals surface area contributed by atoms with E-state index in [0.717, 1.165) is 16.8 Å². The maximum absolute atomic E-state index is 12.6. The fourth-order valence-corrected chi connectivity index (χ4v) is 4.28. The zero-order chi connectivity index (χ0) is 18.7. The van der Waals surface area contributed by atoms with Crippen LogP contribution in [0.5, 0.6) is 0 Å². The summed E-state index contributed by atoms with van der Waals surface area (Å²) in [6, 6.07) is 13.3. The molecule has 1 aromatic heterocycles. The van der Waals surface area contributed by atoms with Gasteiger partial charge in [-0.3, -0.25) is 5.10 Å². The lowest BCUT2D eigenvalue weighted by Crippen LogP contribution is -2.20. The van der Waals surface area contributed by atoms with Gasteiger partial charge < -0.3 is 0 Å². The number of aromatic nitrogens is 2. The number of H-pyrrole nitrogens is 1. The van der Waals surface area contributed by atoms with E-state index in [1.54, 1.807) is 20.0 Å². The molecule has 1 heterocycles. The first-order valence-corrected chi connectivity index (χ1v) is 9.58. The van der Waals surface area contributed by atoms with Gasteiger partial charge in [-0.25, -0.2) is 4.83 Å². The molecule has 26 heavy (non-hydrogen) atoms. The SMILES string of the molecule is Cc1cc(C)c(S(=O)(=O)NN=Cc2cn[nH]c2-c2ccccc2)c(C)c1. The molecule has 3 aromatic rings. The van der Waals surface area contributed by atoms with E-state index in [1.165, 1.54) is 6.21 Å². The normalized spacial score (nSPS) is 11.8. The van der Waals surface area contributed by atoms with Crippen LogP contribution < -0.4 is 4.83 Å². The largest absolute Gasteiger partial charge is 0.277 e. The van der Waals surface area contributed by atoms with Crippen molar-refractivity contribution < 1.29 is 8.42 Å². The number of benzene rings is 2. The number of nitrogens with zero attached hydrogens (tertiary/aromatic N) is 2. The summed E-state index contributed by atoms with van der Waals surface area (Å²) < 4.78 is 25.2. The van der Waals surface area contributed by atoms with Gasteiger partial charge in [-0.2, -0.15) is 18.6 Å². The van der Waals surface area contributed by atoms with Crippen LogP contribution in [0.15, 0.2) is 58.7 Å². The minimum absolute atomic E-state index is 0.260. The van der Waals surface area contributed by atoms with Gasteiger partial charge >= 0.3 is 0 Å². The zero-order valence-electron chi connectivity index (χ0n) is 14.8. The second-order valence-electron chi connectivity index (χ2n) is 6.15. The quantitative estimate of drug-likeness (QED) is 0.535. The van der Waals surface area contributed by atoms with E-state index in [4.69, 9.17) is 0 Å². The van der Waals surface area contributed by atoms with Gasteiger partial charge in [-0.05, 0) is 31.9 Å². The van der Waals surface area contributed by atoms with Crippen molar-refractivity contribution in [2.45, 2.75) is 25.7 Å². The summed E-state index contributed by atoms with van der Waals surface area (Å²) in [7, 11) is -3.75. The van der Waals surface area contributed by atoms with E-state index in [0.29, 0.717) is 16.7 Å². The average Bonchev–Trinajstić information content (AvgIpc) is 3.02. The van der Waals surface area contributed by atoms with E-state index in [9.17, 15) is 8.42 Å². The molecule has 0 radical (unpaired) electrons. The highest BCUT2D eigenvalue weighted by Crippen LogP contribution is 2.22. The van der Waals surface area contributed by atoms with Crippen LogP contribution in [0.4, 0.5) is 0 Å². The first-order valence-electron chi connectivity index (χ1n) is 8.10. The standard InChI is InChI=1S/C19H20N4O2S/c1-13-9-14(2)19(15(3)10-13)26(24,25)23-21-12-17-11-20-22-18(17)16-7-5-4-6-8-16/h4-12,23H,1-3H3,(H,20,22). The Kier molecular flexibility index (Phi) is 4.90. The Morgan fingerprint density at radius 2 is 1.73 bits per heavy atom. The Morgan fingerprint density at radius 1 is 1.08 bits per heavy atom. The van der Waals surface area contributed by atoms with Crippen LogP contribution in [0.1, 0.15) is 22.3 Å². The highest BCUT2D eigenvalue weighted by atomic mass is 32.2. The molecule has 0 spiro atoms. The number of hydrogen-bond donors (Lipinski definition) is 2. The number of aromatic amines is 1. The van der Waals surface area contributed by atoms with Crippen LogP contribution in [-0.2, 0) is 10.0 Å². The van der Waals surface area contributed by atoms with Gasteiger partial charge in [0.25, 0.3) is 10.0 Å². The summed E-state index contributed by atoms with van der Waals surface area (Å²) in [5.74, 6) is 0. The first-order chi connectivity index (χ1) is 12.4. The van der Waals surface area contributed by atoms with Crippen LogP contribution in [0.2, 0.25) is 0 Å². The van der Waals surface area contributed by atoms with Gasteiger partial charge in [0.1, 0.15) is 0 Å². The van der Waals surface area contributed by atoms with Crippen molar-refractivity contribution >= 4 is 16.2 Å². The van der Waals surface area contributed by atoms with Crippen molar-refractivity contribution in [1.29, 1.82) is 0 Å². The third-order valence-electron chi connectivity index (χ3n) is 3.98. The Morgan fingerprint density at radius 3 is 2.38 bits per heavy atom. The second-order valence-corrected chi connectivity index (χ2v) is 7.74. The summed E-state index contributed by atoms with van der Waals surface area (Å²) in [5, 5.41) is 10.9. The lowest BCUT2D eigenvalue weighted by Gasteiger charge is -2.11. The van der Waals surface area contributed by atoms with Gasteiger partial charge in [0.2, 0.25) is 0 Å². The molecule has 134 valence electrons. The molecule has 2 aromatic carbocycles. The van der Waals surface area contributed by atoms with Crippen molar-refractivity contribution in [2.75, 3.05) is 0 Å². The lowest BCUT2D eigenvalue weighted by molar-refractivity contribution is 0.583. The predicted octanol–water partition coefficient (Wildman–Crippen LogP) is 3.31. The second kappa shape index (κ2) is 7.13. The van der Waals surface area contributed by atoms with Crippen LogP contribution in [0.25, 0.3) is 11.3 Å². The molecule has 0 aliphatic heterocycles. The third kappa shape index (κ3) is 3.67. The molecule has 0 saturated carbocycles. The van der Waals surface area contributed by atoms with Crippen LogP contribution in [0.3, 0.4) is 0 Å². The fourth-order valence-electron chi connectivity index (χ4n) is 3.03. The van der Waals surface area contributed by atoms with Crippen molar-refractivity contribution in [2.24, 2.45) is 5.10 Å². The van der Waals surface area contributed by atoms with Crippen molar-refractivity contribution in [1.82, 2.24) is 15.0 Å². The Hall–Kier alpha value is -2.93. The van der Waals surface area contributed by atoms with Crippen LogP contribution in [0, 0.1) is 20.8 Å². The van der Waals surface area contributed by atoms with Crippen molar-refractivity contribution in [3.8, 4) is 11.3 Å². The van der Waals surface area contributed by atoms with E-state index in [2.05, 4.69) is 20.1 Å². The molecular formula is C19H20N4O2S. The third-order valence-corrected chi connectivity index (χ3v) is 5.51. The molecule has 2 N–H and O–H groups in total. The summed E-state index contributed by atoms with van der Waals surface area (Å²) in [6.07, 6.45) is 3.05. The average molecular weight is 368 g/mol. The molecule has 0 saturated heterocycles. The van der Waals surface area contributed by atoms with Crippen molar-refractivity contribution in [3.63, 3.8) is 0 Å². The molecule has 0 unspecified atom stereocenters. The van der Waals surface area contributed by atoms with Gasteiger partial charge in [-0.1, -0.05) is 48.0 Å². The molecule has 0 amide bonds. The monoisotopic (exact) mass is 368 g/mol. The zero-order valence-corrected chi connectivity index (χ0v) is 15.6. The van der Waals surface area contributed by atoms with E-state index in [1.807, 2.05) is 49.4 Å². The van der Waals surface area contributed by atoms with E-state index >= 15 is 0 Å². The van der Waals surface area contributed by atoms with Crippen LogP contribution >= 0.6 is 0 Å². The maximum atomic E-state index is 12.6. The minimum atomic E-state index is -3.75. The number of hydrazone groups is 1. The number of hydrogen-bond acceptors (Lipinski definition) is 4. The highest BCUT2D eigenvalue weighted by Gasteiger charge is 2.19. The summed E-state index contributed by atoms with van der Waals surface area (Å²) in [4.78, 5) is 2.55.